The summed E-state index contributed by atoms with van der Waals surface area (Å²) in [5.41, 5.74) is 2.67. The highest BCUT2D eigenvalue weighted by atomic mass is 35.5. The lowest BCUT2D eigenvalue weighted by Gasteiger charge is -2.43. The molecule has 1 N–H and O–H groups in total. The van der Waals surface area contributed by atoms with E-state index < -0.39 is 35.2 Å². The van der Waals surface area contributed by atoms with Crippen molar-refractivity contribution < 1.29 is 23.9 Å². The van der Waals surface area contributed by atoms with Gasteiger partial charge in [-0.25, -0.2) is 4.79 Å². The van der Waals surface area contributed by atoms with Crippen molar-refractivity contribution in [3.05, 3.63) is 106 Å². The van der Waals surface area contributed by atoms with Gasteiger partial charge in [0.25, 0.3) is 0 Å². The van der Waals surface area contributed by atoms with Crippen LogP contribution in [0.2, 0.25) is 5.02 Å². The van der Waals surface area contributed by atoms with Crippen molar-refractivity contribution in [3.8, 4) is 0 Å². The van der Waals surface area contributed by atoms with Crippen molar-refractivity contribution >= 4 is 35.3 Å². The van der Waals surface area contributed by atoms with Crippen molar-refractivity contribution in [1.82, 2.24) is 15.1 Å². The Balaban J connectivity index is 1.77. The van der Waals surface area contributed by atoms with E-state index in [0.29, 0.717) is 17.0 Å². The zero-order chi connectivity index (χ0) is 34.7. The van der Waals surface area contributed by atoms with Crippen LogP contribution in [0.5, 0.6) is 0 Å². The molecule has 3 aromatic rings. The number of alkyl carbamates (subject to hydrolysis) is 1. The Hall–Kier alpha value is -4.17. The lowest BCUT2D eigenvalue weighted by Crippen LogP contribution is -2.61. The molecule has 1 aliphatic rings. The molecule has 0 spiro atoms. The van der Waals surface area contributed by atoms with E-state index in [2.05, 4.69) is 5.32 Å². The second kappa shape index (κ2) is 14.3. The van der Waals surface area contributed by atoms with Crippen LogP contribution in [0.15, 0.2) is 72.8 Å². The van der Waals surface area contributed by atoms with Crippen molar-refractivity contribution in [2.24, 2.45) is 5.41 Å². The molecule has 3 amide bonds. The first-order valence-electron chi connectivity index (χ1n) is 16.0. The van der Waals surface area contributed by atoms with E-state index in [9.17, 15) is 19.2 Å². The zero-order valence-electron chi connectivity index (χ0n) is 28.6. The van der Waals surface area contributed by atoms with Gasteiger partial charge in [0.05, 0.1) is 6.04 Å². The van der Waals surface area contributed by atoms with Gasteiger partial charge < -0.3 is 19.9 Å². The van der Waals surface area contributed by atoms with Gasteiger partial charge in [-0.3, -0.25) is 14.4 Å². The first-order chi connectivity index (χ1) is 22.0. The third kappa shape index (κ3) is 8.80. The lowest BCUT2D eigenvalue weighted by atomic mass is 9.84. The number of amides is 3. The molecule has 0 bridgehead atoms. The molecule has 8 nitrogen and oxygen atoms in total. The predicted octanol–water partition coefficient (Wildman–Crippen LogP) is 7.53. The predicted molar refractivity (Wildman–Crippen MR) is 184 cm³/mol. The van der Waals surface area contributed by atoms with Gasteiger partial charge in [0.2, 0.25) is 11.8 Å². The quantitative estimate of drug-likeness (QED) is 0.252. The van der Waals surface area contributed by atoms with Crippen LogP contribution >= 0.6 is 11.6 Å². The second-order valence-electron chi connectivity index (χ2n) is 14.3. The molecule has 9 heteroatoms. The highest BCUT2D eigenvalue weighted by Crippen LogP contribution is 2.33. The number of fused-ring (bicyclic) bond motifs is 1. The van der Waals surface area contributed by atoms with Gasteiger partial charge in [-0.2, -0.15) is 0 Å². The van der Waals surface area contributed by atoms with E-state index in [0.717, 1.165) is 22.3 Å². The summed E-state index contributed by atoms with van der Waals surface area (Å²) in [6.07, 6.45) is -0.395. The molecule has 47 heavy (non-hydrogen) atoms. The topological polar surface area (TPSA) is 96.0 Å². The summed E-state index contributed by atoms with van der Waals surface area (Å²) in [5, 5.41) is 3.34. The minimum Gasteiger partial charge on any atom is -0.444 e. The third-order valence-corrected chi connectivity index (χ3v) is 8.75. The van der Waals surface area contributed by atoms with E-state index in [1.807, 2.05) is 82.3 Å². The minimum atomic E-state index is -0.966. The fourth-order valence-corrected chi connectivity index (χ4v) is 6.13. The maximum atomic E-state index is 14.9. The number of nitrogens with one attached hydrogen (secondary N) is 1. The van der Waals surface area contributed by atoms with Gasteiger partial charge in [0.15, 0.2) is 5.78 Å². The summed E-state index contributed by atoms with van der Waals surface area (Å²) in [4.78, 5) is 57.8. The van der Waals surface area contributed by atoms with E-state index in [1.165, 1.54) is 6.92 Å². The minimum absolute atomic E-state index is 0.0441. The number of ketones is 1. The summed E-state index contributed by atoms with van der Waals surface area (Å²) in [7, 11) is 0. The normalized spacial score (nSPS) is 16.0. The molecule has 3 aromatic carbocycles. The SMILES string of the molecule is CC(=O)c1ccc(CN(C(=O)[C@@H]2Cc3ccccc3CN2C(=O)[C@@H](NC(=O)OC(C)(C)C)C(C)(C)C)[C@H](C)c2ccccc2Cl)cc1. The van der Waals surface area contributed by atoms with E-state index in [4.69, 9.17) is 16.3 Å². The molecule has 0 saturated heterocycles. The molecule has 0 radical (unpaired) electrons. The van der Waals surface area contributed by atoms with Crippen LogP contribution in [0.25, 0.3) is 0 Å². The van der Waals surface area contributed by atoms with E-state index in [1.54, 1.807) is 48.8 Å². The molecule has 0 unspecified atom stereocenters. The monoisotopic (exact) mass is 659 g/mol. The summed E-state index contributed by atoms with van der Waals surface area (Å²) in [6, 6.07) is 20.1. The zero-order valence-corrected chi connectivity index (χ0v) is 29.4. The number of ether oxygens (including phenoxy) is 1. The Labute approximate surface area is 283 Å². The Morgan fingerprint density at radius 1 is 0.915 bits per heavy atom. The average molecular weight is 660 g/mol. The maximum Gasteiger partial charge on any atom is 0.408 e. The smallest absolute Gasteiger partial charge is 0.408 e. The van der Waals surface area contributed by atoms with Crippen LogP contribution in [0.1, 0.15) is 94.0 Å². The van der Waals surface area contributed by atoms with E-state index >= 15 is 0 Å². The van der Waals surface area contributed by atoms with E-state index in [-0.39, 0.29) is 30.7 Å². The molecule has 0 saturated carbocycles. The Morgan fingerprint density at radius 3 is 2.09 bits per heavy atom. The highest BCUT2D eigenvalue weighted by molar-refractivity contribution is 6.31. The fourth-order valence-electron chi connectivity index (χ4n) is 5.84. The summed E-state index contributed by atoms with van der Waals surface area (Å²) < 4.78 is 5.52. The number of carbonyl (C=O) groups is 4. The van der Waals surface area contributed by atoms with Gasteiger partial charge in [-0.15, -0.1) is 0 Å². The van der Waals surface area contributed by atoms with Gasteiger partial charge in [-0.05, 0) is 68.4 Å². The number of hydrogen-bond acceptors (Lipinski definition) is 5. The van der Waals surface area contributed by atoms with Crippen LogP contribution < -0.4 is 5.32 Å². The number of Topliss-reactive ketones (excluding diaryl/α,β-unsaturated/α-hetero) is 1. The number of nitrogens with zero attached hydrogens (tertiary/aromatic N) is 2. The van der Waals surface area contributed by atoms with Crippen molar-refractivity contribution in [2.75, 3.05) is 0 Å². The molecule has 4 rings (SSSR count). The molecule has 0 aromatic heterocycles. The van der Waals surface area contributed by atoms with Crippen LogP contribution in [0.4, 0.5) is 4.79 Å². The van der Waals surface area contributed by atoms with Gasteiger partial charge in [0.1, 0.15) is 17.7 Å². The van der Waals surface area contributed by atoms with Gasteiger partial charge in [-0.1, -0.05) is 99.1 Å². The van der Waals surface area contributed by atoms with Crippen LogP contribution in [-0.2, 0) is 33.8 Å². The largest absolute Gasteiger partial charge is 0.444 e. The lowest BCUT2D eigenvalue weighted by molar-refractivity contribution is -0.151. The highest BCUT2D eigenvalue weighted by Gasteiger charge is 2.44. The average Bonchev–Trinajstić information content (AvgIpc) is 3.00. The molecule has 1 aliphatic heterocycles. The van der Waals surface area contributed by atoms with Crippen molar-refractivity contribution in [2.45, 2.75) is 98.6 Å². The number of benzene rings is 3. The summed E-state index contributed by atoms with van der Waals surface area (Å²) in [6.45, 7) is 14.8. The first kappa shape index (κ1) is 35.7. The van der Waals surface area contributed by atoms with Crippen LogP contribution in [0, 0.1) is 5.41 Å². The van der Waals surface area contributed by atoms with Crippen molar-refractivity contribution in [1.29, 1.82) is 0 Å². The summed E-state index contributed by atoms with van der Waals surface area (Å²) in [5.74, 6) is -0.662. The molecule has 0 fully saturated rings. The molecule has 250 valence electrons. The first-order valence-corrected chi connectivity index (χ1v) is 16.4. The Kier molecular flexibility index (Phi) is 10.9. The Morgan fingerprint density at radius 2 is 1.51 bits per heavy atom. The number of carbonyl (C=O) groups excluding carboxylic acids is 4. The van der Waals surface area contributed by atoms with Gasteiger partial charge in [0, 0.05) is 30.1 Å². The number of halogens is 1. The molecule has 0 aliphatic carbocycles. The Bertz CT molecular complexity index is 1620. The third-order valence-electron chi connectivity index (χ3n) is 8.41. The molecular weight excluding hydrogens is 614 g/mol. The van der Waals surface area contributed by atoms with Crippen molar-refractivity contribution in [3.63, 3.8) is 0 Å². The number of rotatable bonds is 8. The maximum absolute atomic E-state index is 14.9. The molecular formula is C38H46ClN3O5. The van der Waals surface area contributed by atoms with Gasteiger partial charge >= 0.3 is 6.09 Å². The molecule has 3 atom stereocenters. The standard InChI is InChI=1S/C38H46ClN3O5/c1-24(30-15-11-12-16-31(30)39)41(22-26-17-19-27(20-18-26)25(2)43)34(44)32-21-28-13-9-10-14-29(28)23-42(32)35(45)33(37(3,4)5)40-36(46)47-38(6,7)8/h9-20,24,32-33H,21-23H2,1-8H3,(H,40,46)/t24-,32+,33-/m1/s1. The van der Waals surface area contributed by atoms with Crippen LogP contribution in [-0.4, -0.2) is 51.2 Å². The summed E-state index contributed by atoms with van der Waals surface area (Å²) >= 11 is 6.65. The van der Waals surface area contributed by atoms with Crippen LogP contribution in [0.3, 0.4) is 0 Å². The molecule has 1 heterocycles. The second-order valence-corrected chi connectivity index (χ2v) is 14.7. The number of hydrogen-bond donors (Lipinski definition) is 1. The fraction of sp³-hybridized carbons (Fsp3) is 0.421.